The highest BCUT2D eigenvalue weighted by molar-refractivity contribution is 5.89. The SMILES string of the molecule is CCc1cccc(NC(=O)NC2CC(N(CC(=O)O)CC3CC3)C2)c1. The summed E-state index contributed by atoms with van der Waals surface area (Å²) in [6.07, 6.45) is 5.00. The van der Waals surface area contributed by atoms with Crippen LogP contribution in [0.2, 0.25) is 0 Å². The Bertz CT molecular complexity index is 624. The van der Waals surface area contributed by atoms with Gasteiger partial charge in [-0.25, -0.2) is 4.79 Å². The minimum atomic E-state index is -0.773. The van der Waals surface area contributed by atoms with Crippen molar-refractivity contribution in [3.8, 4) is 0 Å². The van der Waals surface area contributed by atoms with Gasteiger partial charge in [0.15, 0.2) is 0 Å². The number of carboxylic acid groups (broad SMARTS) is 1. The quantitative estimate of drug-likeness (QED) is 0.677. The van der Waals surface area contributed by atoms with Gasteiger partial charge in [0.1, 0.15) is 0 Å². The molecule has 0 spiro atoms. The number of aliphatic carboxylic acids is 1. The summed E-state index contributed by atoms with van der Waals surface area (Å²) >= 11 is 0. The summed E-state index contributed by atoms with van der Waals surface area (Å²) in [5, 5.41) is 14.9. The molecule has 6 nitrogen and oxygen atoms in total. The molecule has 2 fully saturated rings. The van der Waals surface area contributed by atoms with Crippen molar-refractivity contribution in [3.05, 3.63) is 29.8 Å². The number of nitrogens with one attached hydrogen (secondary N) is 2. The summed E-state index contributed by atoms with van der Waals surface area (Å²) in [5.74, 6) is -0.105. The zero-order valence-electron chi connectivity index (χ0n) is 14.7. The number of anilines is 1. The van der Waals surface area contributed by atoms with Gasteiger partial charge in [0.25, 0.3) is 0 Å². The monoisotopic (exact) mass is 345 g/mol. The van der Waals surface area contributed by atoms with Crippen LogP contribution in [0.4, 0.5) is 10.5 Å². The lowest BCUT2D eigenvalue weighted by atomic mass is 9.85. The highest BCUT2D eigenvalue weighted by atomic mass is 16.4. The Labute approximate surface area is 148 Å². The summed E-state index contributed by atoms with van der Waals surface area (Å²) in [6.45, 7) is 3.06. The van der Waals surface area contributed by atoms with Gasteiger partial charge in [-0.3, -0.25) is 9.69 Å². The minimum Gasteiger partial charge on any atom is -0.480 e. The minimum absolute atomic E-state index is 0.101. The number of hydrogen-bond acceptors (Lipinski definition) is 3. The highest BCUT2D eigenvalue weighted by Crippen LogP contribution is 2.33. The molecule has 2 saturated carbocycles. The number of carboxylic acids is 1. The second-order valence-corrected chi connectivity index (χ2v) is 7.24. The van der Waals surface area contributed by atoms with Crippen LogP contribution < -0.4 is 10.6 Å². The van der Waals surface area contributed by atoms with Crippen LogP contribution in [0.1, 0.15) is 38.2 Å². The predicted octanol–water partition coefficient (Wildman–Crippen LogP) is 2.70. The largest absolute Gasteiger partial charge is 0.480 e. The Kier molecular flexibility index (Phi) is 5.58. The smallest absolute Gasteiger partial charge is 0.319 e. The maximum absolute atomic E-state index is 12.1. The lowest BCUT2D eigenvalue weighted by Gasteiger charge is -2.42. The number of carbonyl (C=O) groups excluding carboxylic acids is 1. The zero-order chi connectivity index (χ0) is 17.8. The fourth-order valence-corrected chi connectivity index (χ4v) is 3.37. The number of aryl methyl sites for hydroxylation is 1. The van der Waals surface area contributed by atoms with Crippen LogP contribution >= 0.6 is 0 Å². The van der Waals surface area contributed by atoms with E-state index in [9.17, 15) is 9.59 Å². The fourth-order valence-electron chi connectivity index (χ4n) is 3.37. The zero-order valence-corrected chi connectivity index (χ0v) is 14.7. The van der Waals surface area contributed by atoms with Gasteiger partial charge in [0.05, 0.1) is 6.54 Å². The first-order chi connectivity index (χ1) is 12.0. The van der Waals surface area contributed by atoms with Crippen molar-refractivity contribution in [3.63, 3.8) is 0 Å². The molecule has 0 bridgehead atoms. The Balaban J connectivity index is 1.43. The number of carbonyl (C=O) groups is 2. The van der Waals surface area contributed by atoms with Gasteiger partial charge in [-0.15, -0.1) is 0 Å². The van der Waals surface area contributed by atoms with Crippen molar-refractivity contribution in [1.29, 1.82) is 0 Å². The molecule has 136 valence electrons. The van der Waals surface area contributed by atoms with E-state index in [0.717, 1.165) is 31.5 Å². The van der Waals surface area contributed by atoms with Crippen molar-refractivity contribution >= 4 is 17.7 Å². The van der Waals surface area contributed by atoms with Crippen LogP contribution in [0, 0.1) is 5.92 Å². The molecular formula is C19H27N3O3. The first-order valence-electron chi connectivity index (χ1n) is 9.15. The Morgan fingerprint density at radius 1 is 1.28 bits per heavy atom. The second kappa shape index (κ2) is 7.87. The van der Waals surface area contributed by atoms with E-state index in [1.54, 1.807) is 0 Å². The van der Waals surface area contributed by atoms with E-state index in [0.29, 0.717) is 5.92 Å². The number of hydrogen-bond donors (Lipinski definition) is 3. The van der Waals surface area contributed by atoms with Crippen molar-refractivity contribution in [2.24, 2.45) is 5.92 Å². The number of nitrogens with zero attached hydrogens (tertiary/aromatic N) is 1. The van der Waals surface area contributed by atoms with Crippen LogP contribution in [-0.2, 0) is 11.2 Å². The third-order valence-corrected chi connectivity index (χ3v) is 5.09. The number of rotatable bonds is 8. The normalized spacial score (nSPS) is 22.3. The lowest BCUT2D eigenvalue weighted by molar-refractivity contribution is -0.139. The van der Waals surface area contributed by atoms with E-state index in [4.69, 9.17) is 5.11 Å². The molecule has 2 aliphatic carbocycles. The standard InChI is InChI=1S/C19H27N3O3/c1-2-13-4-3-5-15(8-13)20-19(25)21-16-9-17(10-16)22(12-18(23)24)11-14-6-7-14/h3-5,8,14,16-17H,2,6-7,9-12H2,1H3,(H,23,24)(H2,20,21,25). The van der Waals surface area contributed by atoms with Crippen LogP contribution in [0.5, 0.6) is 0 Å². The number of benzene rings is 1. The summed E-state index contributed by atoms with van der Waals surface area (Å²) in [6, 6.07) is 8.04. The van der Waals surface area contributed by atoms with Gasteiger partial charge in [-0.05, 0) is 55.7 Å². The van der Waals surface area contributed by atoms with E-state index in [-0.39, 0.29) is 24.7 Å². The van der Waals surface area contributed by atoms with E-state index in [1.807, 2.05) is 24.3 Å². The molecule has 0 aromatic heterocycles. The Hall–Kier alpha value is -2.08. The fraction of sp³-hybridized carbons (Fsp3) is 0.579. The molecule has 0 heterocycles. The van der Waals surface area contributed by atoms with Crippen molar-refractivity contribution in [1.82, 2.24) is 10.2 Å². The van der Waals surface area contributed by atoms with Gasteiger partial charge in [0.2, 0.25) is 0 Å². The highest BCUT2D eigenvalue weighted by Gasteiger charge is 2.37. The number of amides is 2. The van der Waals surface area contributed by atoms with Crippen molar-refractivity contribution in [2.75, 3.05) is 18.4 Å². The van der Waals surface area contributed by atoms with E-state index in [2.05, 4.69) is 22.5 Å². The van der Waals surface area contributed by atoms with Crippen LogP contribution in [0.3, 0.4) is 0 Å². The molecule has 0 radical (unpaired) electrons. The van der Waals surface area contributed by atoms with Crippen LogP contribution in [0.15, 0.2) is 24.3 Å². The summed E-state index contributed by atoms with van der Waals surface area (Å²) in [4.78, 5) is 25.2. The third-order valence-electron chi connectivity index (χ3n) is 5.09. The van der Waals surface area contributed by atoms with Gasteiger partial charge >= 0.3 is 12.0 Å². The molecule has 6 heteroatoms. The summed E-state index contributed by atoms with van der Waals surface area (Å²) < 4.78 is 0. The molecule has 0 unspecified atom stereocenters. The molecule has 3 N–H and O–H groups in total. The first kappa shape index (κ1) is 17.7. The average Bonchev–Trinajstić information content (AvgIpc) is 3.33. The Morgan fingerprint density at radius 2 is 2.04 bits per heavy atom. The van der Waals surface area contributed by atoms with Crippen LogP contribution in [-0.4, -0.2) is 47.2 Å². The predicted molar refractivity (Wildman–Crippen MR) is 96.7 cm³/mol. The van der Waals surface area contributed by atoms with Gasteiger partial charge in [0, 0.05) is 24.3 Å². The van der Waals surface area contributed by atoms with Gasteiger partial charge < -0.3 is 15.7 Å². The van der Waals surface area contributed by atoms with Gasteiger partial charge in [-0.1, -0.05) is 19.1 Å². The maximum Gasteiger partial charge on any atom is 0.319 e. The summed E-state index contributed by atoms with van der Waals surface area (Å²) in [7, 11) is 0. The molecule has 0 aliphatic heterocycles. The van der Waals surface area contributed by atoms with E-state index >= 15 is 0 Å². The number of urea groups is 1. The first-order valence-corrected chi connectivity index (χ1v) is 9.15. The molecule has 1 aromatic carbocycles. The molecular weight excluding hydrogens is 318 g/mol. The third kappa shape index (κ3) is 5.19. The molecule has 2 amide bonds. The van der Waals surface area contributed by atoms with Crippen molar-refractivity contribution < 1.29 is 14.7 Å². The van der Waals surface area contributed by atoms with Gasteiger partial charge in [-0.2, -0.15) is 0 Å². The topological polar surface area (TPSA) is 81.7 Å². The molecule has 1 aromatic rings. The van der Waals surface area contributed by atoms with E-state index < -0.39 is 5.97 Å². The Morgan fingerprint density at radius 3 is 2.68 bits per heavy atom. The van der Waals surface area contributed by atoms with E-state index in [1.165, 1.54) is 18.4 Å². The maximum atomic E-state index is 12.1. The van der Waals surface area contributed by atoms with Crippen molar-refractivity contribution in [2.45, 2.75) is 51.1 Å². The van der Waals surface area contributed by atoms with Crippen LogP contribution in [0.25, 0.3) is 0 Å². The second-order valence-electron chi connectivity index (χ2n) is 7.24. The summed E-state index contributed by atoms with van der Waals surface area (Å²) in [5.41, 5.74) is 1.99. The molecule has 25 heavy (non-hydrogen) atoms. The molecule has 0 saturated heterocycles. The molecule has 2 aliphatic rings. The lowest BCUT2D eigenvalue weighted by Crippen LogP contribution is -2.55. The average molecular weight is 345 g/mol. The molecule has 0 atom stereocenters. The molecule has 3 rings (SSSR count).